The second-order valence-corrected chi connectivity index (χ2v) is 5.70. The highest BCUT2D eigenvalue weighted by Gasteiger charge is 2.48. The third-order valence-corrected chi connectivity index (χ3v) is 4.24. The molecule has 1 heterocycles. The fourth-order valence-corrected chi connectivity index (χ4v) is 3.53. The topological polar surface area (TPSA) is 9.23 Å². The highest BCUT2D eigenvalue weighted by atomic mass is 16.5. The summed E-state index contributed by atoms with van der Waals surface area (Å²) in [6.45, 7) is 8.16. The molecule has 2 aliphatic rings. The van der Waals surface area contributed by atoms with Crippen LogP contribution in [0.25, 0.3) is 0 Å². The van der Waals surface area contributed by atoms with E-state index in [1.54, 1.807) is 0 Å². The number of rotatable bonds is 0. The number of hydrogen-bond donors (Lipinski definition) is 0. The van der Waals surface area contributed by atoms with Gasteiger partial charge in [0, 0.05) is 6.61 Å². The van der Waals surface area contributed by atoms with Gasteiger partial charge in [-0.05, 0) is 43.9 Å². The van der Waals surface area contributed by atoms with Crippen LogP contribution in [-0.4, -0.2) is 12.2 Å². The molecule has 0 aromatic rings. The molecule has 1 saturated carbocycles. The third kappa shape index (κ3) is 1.52. The van der Waals surface area contributed by atoms with E-state index < -0.39 is 0 Å². The Morgan fingerprint density at radius 1 is 1.08 bits per heavy atom. The Balaban J connectivity index is 2.21. The van der Waals surface area contributed by atoms with E-state index in [1.165, 1.54) is 32.1 Å². The minimum Gasteiger partial charge on any atom is -0.375 e. The highest BCUT2D eigenvalue weighted by Crippen LogP contribution is 2.51. The predicted molar refractivity (Wildman–Crippen MR) is 54.7 cm³/mol. The lowest BCUT2D eigenvalue weighted by Crippen LogP contribution is -2.51. The maximum Gasteiger partial charge on any atom is 0.0687 e. The first-order chi connectivity index (χ1) is 6.05. The van der Waals surface area contributed by atoms with Gasteiger partial charge in [-0.3, -0.25) is 0 Å². The molecule has 76 valence electrons. The van der Waals surface area contributed by atoms with Crippen LogP contribution < -0.4 is 0 Å². The summed E-state index contributed by atoms with van der Waals surface area (Å²) in [6.07, 6.45) is 6.66. The molecular formula is C12H22O. The SMILES string of the molecule is CC1(C)CCCC2(C)OCCCC12. The van der Waals surface area contributed by atoms with Crippen molar-refractivity contribution in [1.29, 1.82) is 0 Å². The van der Waals surface area contributed by atoms with Crippen LogP contribution in [0.1, 0.15) is 52.9 Å². The maximum atomic E-state index is 6.00. The van der Waals surface area contributed by atoms with Gasteiger partial charge in [0.25, 0.3) is 0 Å². The summed E-state index contributed by atoms with van der Waals surface area (Å²) < 4.78 is 6.00. The van der Waals surface area contributed by atoms with Gasteiger partial charge in [-0.25, -0.2) is 0 Å². The molecule has 0 aromatic heterocycles. The van der Waals surface area contributed by atoms with Crippen LogP contribution in [0.3, 0.4) is 0 Å². The Labute approximate surface area is 81.9 Å². The molecule has 1 aliphatic heterocycles. The molecule has 2 atom stereocenters. The maximum absolute atomic E-state index is 6.00. The van der Waals surface area contributed by atoms with Gasteiger partial charge in [-0.1, -0.05) is 20.3 Å². The molecule has 1 saturated heterocycles. The fourth-order valence-electron chi connectivity index (χ4n) is 3.53. The van der Waals surface area contributed by atoms with E-state index in [0.29, 0.717) is 5.41 Å². The Kier molecular flexibility index (Phi) is 2.18. The summed E-state index contributed by atoms with van der Waals surface area (Å²) in [4.78, 5) is 0. The van der Waals surface area contributed by atoms with Crippen molar-refractivity contribution in [2.75, 3.05) is 6.61 Å². The minimum absolute atomic E-state index is 0.208. The zero-order valence-electron chi connectivity index (χ0n) is 9.23. The Morgan fingerprint density at radius 3 is 2.54 bits per heavy atom. The summed E-state index contributed by atoms with van der Waals surface area (Å²) in [6, 6.07) is 0. The smallest absolute Gasteiger partial charge is 0.0687 e. The van der Waals surface area contributed by atoms with Gasteiger partial charge < -0.3 is 4.74 Å². The molecule has 0 aromatic carbocycles. The van der Waals surface area contributed by atoms with E-state index in [4.69, 9.17) is 4.74 Å². The molecule has 0 radical (unpaired) electrons. The van der Waals surface area contributed by atoms with Crippen LogP contribution in [-0.2, 0) is 4.74 Å². The van der Waals surface area contributed by atoms with Crippen molar-refractivity contribution in [3.63, 3.8) is 0 Å². The van der Waals surface area contributed by atoms with Gasteiger partial charge in [0.05, 0.1) is 5.60 Å². The fraction of sp³-hybridized carbons (Fsp3) is 1.00. The molecule has 0 bridgehead atoms. The van der Waals surface area contributed by atoms with Gasteiger partial charge in [0.1, 0.15) is 0 Å². The molecule has 0 spiro atoms. The first-order valence-corrected chi connectivity index (χ1v) is 5.69. The van der Waals surface area contributed by atoms with Crippen LogP contribution in [0.4, 0.5) is 0 Å². The van der Waals surface area contributed by atoms with Gasteiger partial charge in [-0.15, -0.1) is 0 Å². The molecule has 2 fully saturated rings. The van der Waals surface area contributed by atoms with E-state index in [2.05, 4.69) is 20.8 Å². The highest BCUT2D eigenvalue weighted by molar-refractivity contribution is 4.98. The van der Waals surface area contributed by atoms with Crippen LogP contribution >= 0.6 is 0 Å². The van der Waals surface area contributed by atoms with E-state index in [1.807, 2.05) is 0 Å². The van der Waals surface area contributed by atoms with E-state index in [-0.39, 0.29) is 5.60 Å². The first kappa shape index (κ1) is 9.51. The Bertz CT molecular complexity index is 193. The van der Waals surface area contributed by atoms with Crippen molar-refractivity contribution in [3.8, 4) is 0 Å². The third-order valence-electron chi connectivity index (χ3n) is 4.24. The lowest BCUT2D eigenvalue weighted by molar-refractivity contribution is -0.164. The first-order valence-electron chi connectivity index (χ1n) is 5.69. The quantitative estimate of drug-likeness (QED) is 0.558. The summed E-state index contributed by atoms with van der Waals surface area (Å²) in [7, 11) is 0. The molecule has 1 heteroatoms. The van der Waals surface area contributed by atoms with Crippen molar-refractivity contribution >= 4 is 0 Å². The Hall–Kier alpha value is -0.0400. The molecule has 0 N–H and O–H groups in total. The van der Waals surface area contributed by atoms with E-state index in [9.17, 15) is 0 Å². The summed E-state index contributed by atoms with van der Waals surface area (Å²) >= 11 is 0. The monoisotopic (exact) mass is 182 g/mol. The average molecular weight is 182 g/mol. The lowest BCUT2D eigenvalue weighted by Gasteiger charge is -2.53. The van der Waals surface area contributed by atoms with Crippen molar-refractivity contribution in [2.24, 2.45) is 11.3 Å². The number of fused-ring (bicyclic) bond motifs is 1. The van der Waals surface area contributed by atoms with Gasteiger partial charge >= 0.3 is 0 Å². The van der Waals surface area contributed by atoms with Crippen molar-refractivity contribution in [3.05, 3.63) is 0 Å². The Morgan fingerprint density at radius 2 is 1.85 bits per heavy atom. The van der Waals surface area contributed by atoms with Crippen molar-refractivity contribution in [2.45, 2.75) is 58.5 Å². The average Bonchev–Trinajstić information content (AvgIpc) is 2.02. The van der Waals surface area contributed by atoms with Crippen LogP contribution in [0.15, 0.2) is 0 Å². The molecule has 1 aliphatic carbocycles. The molecule has 13 heavy (non-hydrogen) atoms. The van der Waals surface area contributed by atoms with Crippen LogP contribution in [0, 0.1) is 11.3 Å². The second-order valence-electron chi connectivity index (χ2n) is 5.70. The van der Waals surface area contributed by atoms with Gasteiger partial charge in [0.15, 0.2) is 0 Å². The van der Waals surface area contributed by atoms with Crippen molar-refractivity contribution in [1.82, 2.24) is 0 Å². The summed E-state index contributed by atoms with van der Waals surface area (Å²) in [5, 5.41) is 0. The minimum atomic E-state index is 0.208. The number of hydrogen-bond acceptors (Lipinski definition) is 1. The molecular weight excluding hydrogens is 160 g/mol. The molecule has 1 nitrogen and oxygen atoms in total. The molecule has 2 unspecified atom stereocenters. The van der Waals surface area contributed by atoms with E-state index >= 15 is 0 Å². The molecule has 2 rings (SSSR count). The zero-order valence-corrected chi connectivity index (χ0v) is 9.23. The van der Waals surface area contributed by atoms with Crippen molar-refractivity contribution < 1.29 is 4.74 Å². The van der Waals surface area contributed by atoms with Crippen LogP contribution in [0.2, 0.25) is 0 Å². The lowest BCUT2D eigenvalue weighted by atomic mass is 9.59. The largest absolute Gasteiger partial charge is 0.375 e. The zero-order chi connectivity index (χ0) is 9.53. The standard InChI is InChI=1S/C12H22O/c1-11(2)7-5-8-12(3)10(11)6-4-9-13-12/h10H,4-9H2,1-3H3. The second kappa shape index (κ2) is 2.98. The normalized spacial score (nSPS) is 44.1. The van der Waals surface area contributed by atoms with Gasteiger partial charge in [0.2, 0.25) is 0 Å². The summed E-state index contributed by atoms with van der Waals surface area (Å²) in [5.41, 5.74) is 0.716. The van der Waals surface area contributed by atoms with Gasteiger partial charge in [-0.2, -0.15) is 0 Å². The predicted octanol–water partition coefficient (Wildman–Crippen LogP) is 3.38. The number of ether oxygens (including phenoxy) is 1. The van der Waals surface area contributed by atoms with Crippen LogP contribution in [0.5, 0.6) is 0 Å². The summed E-state index contributed by atoms with van der Waals surface area (Å²) in [5.74, 6) is 0.794. The molecule has 0 amide bonds. The van der Waals surface area contributed by atoms with E-state index in [0.717, 1.165) is 12.5 Å².